The van der Waals surface area contributed by atoms with Gasteiger partial charge in [0.05, 0.1) is 4.92 Å². The van der Waals surface area contributed by atoms with Crippen molar-refractivity contribution in [2.24, 2.45) is 0 Å². The van der Waals surface area contributed by atoms with Gasteiger partial charge in [0.25, 0.3) is 0 Å². The highest BCUT2D eigenvalue weighted by Crippen LogP contribution is 2.28. The van der Waals surface area contributed by atoms with Gasteiger partial charge in [0, 0.05) is 5.56 Å². The summed E-state index contributed by atoms with van der Waals surface area (Å²) in [5, 5.41) is 23.4. The van der Waals surface area contributed by atoms with Crippen LogP contribution < -0.4 is 0 Å². The number of hydrogen-bond donors (Lipinski definition) is 0. The van der Waals surface area contributed by atoms with Gasteiger partial charge in [-0.15, -0.1) is 10.2 Å². The molecule has 1 atom stereocenters. The summed E-state index contributed by atoms with van der Waals surface area (Å²) in [6, 6.07) is 9.01. The van der Waals surface area contributed by atoms with Gasteiger partial charge in [-0.1, -0.05) is 18.2 Å². The average molecular weight is 313 g/mol. The van der Waals surface area contributed by atoms with E-state index in [-0.39, 0.29) is 5.69 Å². The van der Waals surface area contributed by atoms with E-state index in [1.165, 1.54) is 4.68 Å². The number of aryl methyl sites for hydroxylation is 1. The summed E-state index contributed by atoms with van der Waals surface area (Å²) in [6.07, 6.45) is 0. The highest BCUT2D eigenvalue weighted by Gasteiger charge is 2.27. The normalized spacial score (nSPS) is 12.3. The van der Waals surface area contributed by atoms with Crippen molar-refractivity contribution in [3.05, 3.63) is 57.7 Å². The van der Waals surface area contributed by atoms with Crippen molar-refractivity contribution < 1.29 is 9.34 Å². The molecule has 3 rings (SSSR count). The van der Waals surface area contributed by atoms with E-state index in [9.17, 15) is 10.1 Å². The van der Waals surface area contributed by atoms with Gasteiger partial charge in [0.2, 0.25) is 11.8 Å². The fourth-order valence-electron chi connectivity index (χ4n) is 2.50. The van der Waals surface area contributed by atoms with Gasteiger partial charge in [-0.3, -0.25) is 14.8 Å². The van der Waals surface area contributed by atoms with Crippen LogP contribution in [-0.2, 0) is 0 Å². The minimum absolute atomic E-state index is 0.0136. The van der Waals surface area contributed by atoms with Crippen molar-refractivity contribution in [3.63, 3.8) is 0 Å². The summed E-state index contributed by atoms with van der Waals surface area (Å²) < 4.78 is 7.24. The first kappa shape index (κ1) is 14.9. The molecule has 0 aliphatic carbocycles. The Morgan fingerprint density at radius 2 is 1.91 bits per heavy atom. The zero-order valence-electron chi connectivity index (χ0n) is 12.9. The van der Waals surface area contributed by atoms with Crippen LogP contribution in [0.2, 0.25) is 0 Å². The molecule has 0 radical (unpaired) electrons. The second-order valence-electron chi connectivity index (χ2n) is 5.21. The SMILES string of the molecule is Cc1nn([C@H](C)c2nnc(-c3ccccc3)o2)c(C)c1[N+](=O)[O-]. The standard InChI is InChI=1S/C15H15N5O3/c1-9-13(20(21)22)10(2)19(18-9)11(3)14-16-17-15(23-14)12-7-5-4-6-8-12/h4-8,11H,1-3H3/t11-/m1/s1. The van der Waals surface area contributed by atoms with Gasteiger partial charge in [-0.2, -0.15) is 5.10 Å². The number of nitrogens with zero attached hydrogens (tertiary/aromatic N) is 5. The van der Waals surface area contributed by atoms with Gasteiger partial charge < -0.3 is 4.42 Å². The lowest BCUT2D eigenvalue weighted by atomic mass is 10.2. The quantitative estimate of drug-likeness (QED) is 0.542. The molecule has 1 aromatic carbocycles. The van der Waals surface area contributed by atoms with Crippen molar-refractivity contribution in [2.45, 2.75) is 26.8 Å². The maximum atomic E-state index is 11.1. The predicted octanol–water partition coefficient (Wildman–Crippen LogP) is 3.07. The molecular formula is C15H15N5O3. The smallest absolute Gasteiger partial charge is 0.312 e. The Morgan fingerprint density at radius 1 is 1.22 bits per heavy atom. The molecule has 0 fully saturated rings. The molecule has 0 spiro atoms. The molecule has 0 aliphatic heterocycles. The lowest BCUT2D eigenvalue weighted by Crippen LogP contribution is -2.11. The van der Waals surface area contributed by atoms with E-state index in [0.29, 0.717) is 23.2 Å². The molecule has 3 aromatic rings. The highest BCUT2D eigenvalue weighted by molar-refractivity contribution is 5.51. The molecule has 0 saturated heterocycles. The van der Waals surface area contributed by atoms with Crippen molar-refractivity contribution >= 4 is 5.69 Å². The first-order chi connectivity index (χ1) is 11.0. The van der Waals surface area contributed by atoms with E-state index in [1.807, 2.05) is 37.3 Å². The summed E-state index contributed by atoms with van der Waals surface area (Å²) in [6.45, 7) is 5.08. The van der Waals surface area contributed by atoms with Crippen LogP contribution in [0.3, 0.4) is 0 Å². The lowest BCUT2D eigenvalue weighted by Gasteiger charge is -2.08. The lowest BCUT2D eigenvalue weighted by molar-refractivity contribution is -0.386. The van der Waals surface area contributed by atoms with Crippen LogP contribution in [0.25, 0.3) is 11.5 Å². The summed E-state index contributed by atoms with van der Waals surface area (Å²) >= 11 is 0. The van der Waals surface area contributed by atoms with E-state index < -0.39 is 11.0 Å². The van der Waals surface area contributed by atoms with Gasteiger partial charge in [-0.25, -0.2) is 0 Å². The Morgan fingerprint density at radius 3 is 2.52 bits per heavy atom. The van der Waals surface area contributed by atoms with E-state index in [2.05, 4.69) is 15.3 Å². The van der Waals surface area contributed by atoms with E-state index in [4.69, 9.17) is 4.42 Å². The number of benzene rings is 1. The van der Waals surface area contributed by atoms with Crippen molar-refractivity contribution in [3.8, 4) is 11.5 Å². The topological polar surface area (TPSA) is 99.9 Å². The van der Waals surface area contributed by atoms with E-state index in [0.717, 1.165) is 5.56 Å². The second-order valence-corrected chi connectivity index (χ2v) is 5.21. The van der Waals surface area contributed by atoms with Crippen molar-refractivity contribution in [2.75, 3.05) is 0 Å². The van der Waals surface area contributed by atoms with Crippen molar-refractivity contribution in [1.82, 2.24) is 20.0 Å². The zero-order valence-corrected chi connectivity index (χ0v) is 12.9. The third kappa shape index (κ3) is 2.59. The Bertz CT molecular complexity index is 853. The van der Waals surface area contributed by atoms with Crippen molar-refractivity contribution in [1.29, 1.82) is 0 Å². The molecule has 0 unspecified atom stereocenters. The molecule has 0 saturated carbocycles. The Kier molecular flexibility index (Phi) is 3.65. The average Bonchev–Trinajstić information content (AvgIpc) is 3.12. The Balaban J connectivity index is 1.96. The Labute approximate surface area is 131 Å². The molecule has 0 bridgehead atoms. The van der Waals surface area contributed by atoms with Gasteiger partial charge in [0.1, 0.15) is 17.4 Å². The molecule has 2 aromatic heterocycles. The number of aromatic nitrogens is 4. The monoisotopic (exact) mass is 313 g/mol. The fraction of sp³-hybridized carbons (Fsp3) is 0.267. The second kappa shape index (κ2) is 5.64. The van der Waals surface area contributed by atoms with E-state index >= 15 is 0 Å². The highest BCUT2D eigenvalue weighted by atomic mass is 16.6. The summed E-state index contributed by atoms with van der Waals surface area (Å²) in [5.41, 5.74) is 1.65. The van der Waals surface area contributed by atoms with Crippen LogP contribution in [0, 0.1) is 24.0 Å². The maximum Gasteiger partial charge on any atom is 0.312 e. The van der Waals surface area contributed by atoms with Crippen LogP contribution >= 0.6 is 0 Å². The zero-order chi connectivity index (χ0) is 16.6. The number of nitro groups is 1. The van der Waals surface area contributed by atoms with E-state index in [1.54, 1.807) is 13.8 Å². The summed E-state index contributed by atoms with van der Waals surface area (Å²) in [5.74, 6) is 0.757. The van der Waals surface area contributed by atoms with Crippen LogP contribution in [0.15, 0.2) is 34.7 Å². The van der Waals surface area contributed by atoms with Crippen LogP contribution in [-0.4, -0.2) is 24.9 Å². The summed E-state index contributed by atoms with van der Waals surface area (Å²) in [7, 11) is 0. The first-order valence-corrected chi connectivity index (χ1v) is 7.08. The molecule has 8 nitrogen and oxygen atoms in total. The van der Waals surface area contributed by atoms with Gasteiger partial charge in [0.15, 0.2) is 0 Å². The first-order valence-electron chi connectivity index (χ1n) is 7.08. The largest absolute Gasteiger partial charge is 0.418 e. The minimum Gasteiger partial charge on any atom is -0.418 e. The third-order valence-electron chi connectivity index (χ3n) is 3.65. The van der Waals surface area contributed by atoms with Gasteiger partial charge >= 0.3 is 5.69 Å². The van der Waals surface area contributed by atoms with Crippen LogP contribution in [0.4, 0.5) is 5.69 Å². The third-order valence-corrected chi connectivity index (χ3v) is 3.65. The minimum atomic E-state index is -0.426. The Hall–Kier alpha value is -3.03. The molecule has 0 N–H and O–H groups in total. The van der Waals surface area contributed by atoms with Gasteiger partial charge in [-0.05, 0) is 32.9 Å². The van der Waals surface area contributed by atoms with Crippen LogP contribution in [0.5, 0.6) is 0 Å². The molecule has 23 heavy (non-hydrogen) atoms. The predicted molar refractivity (Wildman–Crippen MR) is 81.9 cm³/mol. The molecular weight excluding hydrogens is 298 g/mol. The summed E-state index contributed by atoms with van der Waals surface area (Å²) in [4.78, 5) is 10.7. The van der Waals surface area contributed by atoms with Crippen LogP contribution in [0.1, 0.15) is 30.2 Å². The molecule has 0 amide bonds. The number of hydrogen-bond acceptors (Lipinski definition) is 6. The maximum absolute atomic E-state index is 11.1. The fourth-order valence-corrected chi connectivity index (χ4v) is 2.50. The molecule has 118 valence electrons. The molecule has 2 heterocycles. The molecule has 0 aliphatic rings. The molecule has 8 heteroatoms. The number of rotatable bonds is 4.